The van der Waals surface area contributed by atoms with Crippen LogP contribution in [0.4, 0.5) is 4.39 Å². The number of aromatic nitrogens is 2. The van der Waals surface area contributed by atoms with Gasteiger partial charge in [-0.25, -0.2) is 14.4 Å². The van der Waals surface area contributed by atoms with Crippen molar-refractivity contribution in [1.29, 1.82) is 0 Å². The van der Waals surface area contributed by atoms with Gasteiger partial charge >= 0.3 is 0 Å². The Morgan fingerprint density at radius 1 is 1.16 bits per heavy atom. The van der Waals surface area contributed by atoms with E-state index in [2.05, 4.69) is 9.97 Å². The van der Waals surface area contributed by atoms with Crippen molar-refractivity contribution in [3.63, 3.8) is 0 Å². The molecular formula is C14H10ClFN2S. The second-order valence-corrected chi connectivity index (χ2v) is 5.97. The lowest BCUT2D eigenvalue weighted by Crippen LogP contribution is -1.93. The van der Waals surface area contributed by atoms with Gasteiger partial charge in [0, 0.05) is 15.8 Å². The maximum absolute atomic E-state index is 13.4. The summed E-state index contributed by atoms with van der Waals surface area (Å²) >= 11 is 7.74. The standard InChI is InChI=1S/C14H10ClFN2S/c1-7-3-4-9(16)6-10(7)13-17-12(15)11-5-8(2)19-14(11)18-13/h3-6H,1-2H3. The minimum Gasteiger partial charge on any atom is -0.217 e. The zero-order valence-electron chi connectivity index (χ0n) is 10.4. The molecule has 0 amide bonds. The van der Waals surface area contributed by atoms with E-state index in [1.54, 1.807) is 17.4 Å². The van der Waals surface area contributed by atoms with E-state index in [4.69, 9.17) is 11.6 Å². The van der Waals surface area contributed by atoms with Crippen LogP contribution in [0.25, 0.3) is 21.6 Å². The summed E-state index contributed by atoms with van der Waals surface area (Å²) in [7, 11) is 0. The predicted molar refractivity (Wildman–Crippen MR) is 77.3 cm³/mol. The van der Waals surface area contributed by atoms with Crippen LogP contribution in [0.15, 0.2) is 24.3 Å². The molecule has 0 saturated heterocycles. The molecule has 0 aliphatic heterocycles. The Balaban J connectivity index is 2.27. The third kappa shape index (κ3) is 2.22. The van der Waals surface area contributed by atoms with Gasteiger partial charge in [-0.3, -0.25) is 0 Å². The van der Waals surface area contributed by atoms with Crippen LogP contribution in [0.3, 0.4) is 0 Å². The number of rotatable bonds is 1. The predicted octanol–water partition coefficient (Wildman–Crippen LogP) is 4.77. The Labute approximate surface area is 118 Å². The number of fused-ring (bicyclic) bond motifs is 1. The van der Waals surface area contributed by atoms with E-state index in [0.717, 1.165) is 20.7 Å². The number of nitrogens with zero attached hydrogens (tertiary/aromatic N) is 2. The molecule has 3 rings (SSSR count). The normalized spacial score (nSPS) is 11.2. The Morgan fingerprint density at radius 2 is 1.95 bits per heavy atom. The van der Waals surface area contributed by atoms with Crippen molar-refractivity contribution in [1.82, 2.24) is 9.97 Å². The first-order valence-corrected chi connectivity index (χ1v) is 6.94. The molecule has 1 aromatic carbocycles. The highest BCUT2D eigenvalue weighted by Gasteiger charge is 2.12. The van der Waals surface area contributed by atoms with Crippen LogP contribution in [0.5, 0.6) is 0 Å². The molecular weight excluding hydrogens is 283 g/mol. The molecule has 0 bridgehead atoms. The molecule has 0 atom stereocenters. The zero-order chi connectivity index (χ0) is 13.6. The van der Waals surface area contributed by atoms with E-state index in [-0.39, 0.29) is 5.82 Å². The first-order chi connectivity index (χ1) is 9.04. The summed E-state index contributed by atoms with van der Waals surface area (Å²) in [6, 6.07) is 6.54. The molecule has 0 aliphatic rings. The Morgan fingerprint density at radius 3 is 2.74 bits per heavy atom. The number of aryl methyl sites for hydroxylation is 2. The van der Waals surface area contributed by atoms with Crippen LogP contribution < -0.4 is 0 Å². The fraction of sp³-hybridized carbons (Fsp3) is 0.143. The van der Waals surface area contributed by atoms with E-state index in [1.165, 1.54) is 12.1 Å². The first kappa shape index (κ1) is 12.5. The average Bonchev–Trinajstić information content (AvgIpc) is 2.73. The summed E-state index contributed by atoms with van der Waals surface area (Å²) in [5.74, 6) is 0.166. The van der Waals surface area contributed by atoms with Crippen LogP contribution in [-0.2, 0) is 0 Å². The summed E-state index contributed by atoms with van der Waals surface area (Å²) in [6.45, 7) is 3.89. The van der Waals surface area contributed by atoms with Gasteiger partial charge in [0.2, 0.25) is 0 Å². The molecule has 96 valence electrons. The highest BCUT2D eigenvalue weighted by atomic mass is 35.5. The van der Waals surface area contributed by atoms with Crippen LogP contribution in [0.2, 0.25) is 5.15 Å². The molecule has 0 saturated carbocycles. The fourth-order valence-corrected chi connectivity index (χ4v) is 3.12. The topological polar surface area (TPSA) is 25.8 Å². The van der Waals surface area contributed by atoms with Crippen LogP contribution in [0.1, 0.15) is 10.4 Å². The van der Waals surface area contributed by atoms with Gasteiger partial charge in [0.25, 0.3) is 0 Å². The summed E-state index contributed by atoms with van der Waals surface area (Å²) in [4.78, 5) is 10.7. The smallest absolute Gasteiger partial charge is 0.162 e. The number of halogens is 2. The van der Waals surface area contributed by atoms with Crippen LogP contribution >= 0.6 is 22.9 Å². The molecule has 19 heavy (non-hydrogen) atoms. The molecule has 5 heteroatoms. The maximum Gasteiger partial charge on any atom is 0.162 e. The Bertz CT molecular complexity index is 782. The van der Waals surface area contributed by atoms with Crippen LogP contribution in [0, 0.1) is 19.7 Å². The number of hydrogen-bond acceptors (Lipinski definition) is 3. The van der Waals surface area contributed by atoms with Crippen LogP contribution in [-0.4, -0.2) is 9.97 Å². The third-order valence-electron chi connectivity index (χ3n) is 2.91. The number of hydrogen-bond donors (Lipinski definition) is 0. The van der Waals surface area contributed by atoms with E-state index < -0.39 is 0 Å². The lowest BCUT2D eigenvalue weighted by molar-refractivity contribution is 0.628. The molecule has 0 spiro atoms. The van der Waals surface area contributed by atoms with Crippen molar-refractivity contribution in [2.75, 3.05) is 0 Å². The molecule has 2 aromatic heterocycles. The highest BCUT2D eigenvalue weighted by molar-refractivity contribution is 7.18. The molecule has 2 heterocycles. The van der Waals surface area contributed by atoms with Crippen molar-refractivity contribution in [2.45, 2.75) is 13.8 Å². The largest absolute Gasteiger partial charge is 0.217 e. The van der Waals surface area contributed by atoms with Crippen molar-refractivity contribution < 1.29 is 4.39 Å². The zero-order valence-corrected chi connectivity index (χ0v) is 11.9. The maximum atomic E-state index is 13.4. The lowest BCUT2D eigenvalue weighted by Gasteiger charge is -2.05. The first-order valence-electron chi connectivity index (χ1n) is 5.75. The third-order valence-corrected chi connectivity index (χ3v) is 4.14. The highest BCUT2D eigenvalue weighted by Crippen LogP contribution is 2.31. The van der Waals surface area contributed by atoms with E-state index in [9.17, 15) is 4.39 Å². The van der Waals surface area contributed by atoms with Gasteiger partial charge in [-0.05, 0) is 37.6 Å². The summed E-state index contributed by atoms with van der Waals surface area (Å²) in [5, 5.41) is 1.26. The van der Waals surface area contributed by atoms with Gasteiger partial charge in [0.1, 0.15) is 15.8 Å². The minimum atomic E-state index is -0.303. The lowest BCUT2D eigenvalue weighted by atomic mass is 10.1. The van der Waals surface area contributed by atoms with Gasteiger partial charge in [-0.15, -0.1) is 11.3 Å². The Hall–Kier alpha value is -1.52. The molecule has 0 N–H and O–H groups in total. The second kappa shape index (κ2) is 4.54. The average molecular weight is 293 g/mol. The molecule has 2 nitrogen and oxygen atoms in total. The van der Waals surface area contributed by atoms with Crippen molar-refractivity contribution in [3.05, 3.63) is 45.7 Å². The van der Waals surface area contributed by atoms with Gasteiger partial charge in [0.15, 0.2) is 5.82 Å². The molecule has 3 aromatic rings. The van der Waals surface area contributed by atoms with Gasteiger partial charge < -0.3 is 0 Å². The van der Waals surface area contributed by atoms with Crippen molar-refractivity contribution in [3.8, 4) is 11.4 Å². The summed E-state index contributed by atoms with van der Waals surface area (Å²) in [6.07, 6.45) is 0. The van der Waals surface area contributed by atoms with Gasteiger partial charge in [0.05, 0.1) is 0 Å². The minimum absolute atomic E-state index is 0.303. The molecule has 0 radical (unpaired) electrons. The van der Waals surface area contributed by atoms with E-state index >= 15 is 0 Å². The molecule has 0 unspecified atom stereocenters. The molecule has 0 fully saturated rings. The summed E-state index contributed by atoms with van der Waals surface area (Å²) < 4.78 is 13.4. The van der Waals surface area contributed by atoms with Gasteiger partial charge in [-0.2, -0.15) is 0 Å². The van der Waals surface area contributed by atoms with Crippen molar-refractivity contribution >= 4 is 33.2 Å². The summed E-state index contributed by atoms with van der Waals surface area (Å²) in [5.41, 5.74) is 1.60. The quantitative estimate of drug-likeness (QED) is 0.604. The number of thiophene rings is 1. The Kier molecular flexibility index (Phi) is 2.99. The van der Waals surface area contributed by atoms with Crippen molar-refractivity contribution in [2.24, 2.45) is 0 Å². The fourth-order valence-electron chi connectivity index (χ4n) is 1.96. The second-order valence-electron chi connectivity index (χ2n) is 4.37. The van der Waals surface area contributed by atoms with E-state index in [0.29, 0.717) is 16.5 Å². The molecule has 0 aliphatic carbocycles. The SMILES string of the molecule is Cc1cc2c(Cl)nc(-c3cc(F)ccc3C)nc2s1. The number of benzene rings is 1. The van der Waals surface area contributed by atoms with E-state index in [1.807, 2.05) is 19.9 Å². The van der Waals surface area contributed by atoms with Gasteiger partial charge in [-0.1, -0.05) is 17.7 Å². The monoisotopic (exact) mass is 292 g/mol.